The highest BCUT2D eigenvalue weighted by molar-refractivity contribution is 9.10. The molecule has 2 N–H and O–H groups in total. The molecule has 2 nitrogen and oxygen atoms in total. The molecule has 1 aromatic carbocycles. The standard InChI is InChI=1S/C13H13BrF2N2S/c1-6-7(2)19-12(18-6)5-11(17)13-9(15)3-8(14)4-10(13)16/h3-4,11H,5,17H2,1-2H3. The van der Waals surface area contributed by atoms with E-state index in [4.69, 9.17) is 5.73 Å². The molecular formula is C13H13BrF2N2S. The van der Waals surface area contributed by atoms with E-state index in [1.165, 1.54) is 23.5 Å². The van der Waals surface area contributed by atoms with Crippen LogP contribution in [0.2, 0.25) is 0 Å². The van der Waals surface area contributed by atoms with Crippen LogP contribution in [-0.2, 0) is 6.42 Å². The van der Waals surface area contributed by atoms with Crippen molar-refractivity contribution >= 4 is 27.3 Å². The first kappa shape index (κ1) is 14.6. The maximum absolute atomic E-state index is 13.8. The second kappa shape index (κ2) is 5.64. The third-order valence-electron chi connectivity index (χ3n) is 2.88. The second-order valence-electron chi connectivity index (χ2n) is 4.34. The van der Waals surface area contributed by atoms with Crippen molar-refractivity contribution in [3.8, 4) is 0 Å². The molecule has 0 amide bonds. The molecule has 0 radical (unpaired) electrons. The van der Waals surface area contributed by atoms with Gasteiger partial charge in [-0.3, -0.25) is 0 Å². The number of aryl methyl sites for hydroxylation is 2. The number of hydrogen-bond acceptors (Lipinski definition) is 3. The Morgan fingerprint density at radius 3 is 2.37 bits per heavy atom. The molecule has 1 atom stereocenters. The van der Waals surface area contributed by atoms with Crippen molar-refractivity contribution in [3.63, 3.8) is 0 Å². The number of benzene rings is 1. The quantitative estimate of drug-likeness (QED) is 0.910. The molecule has 2 aromatic rings. The first-order valence-electron chi connectivity index (χ1n) is 5.71. The van der Waals surface area contributed by atoms with Crippen LogP contribution in [0.25, 0.3) is 0 Å². The highest BCUT2D eigenvalue weighted by Gasteiger charge is 2.19. The number of nitrogens with zero attached hydrogens (tertiary/aromatic N) is 1. The van der Waals surface area contributed by atoms with Crippen LogP contribution in [0.3, 0.4) is 0 Å². The Balaban J connectivity index is 2.27. The van der Waals surface area contributed by atoms with Gasteiger partial charge in [-0.2, -0.15) is 0 Å². The van der Waals surface area contributed by atoms with Crippen molar-refractivity contribution in [3.05, 3.63) is 49.4 Å². The third-order valence-corrected chi connectivity index (χ3v) is 4.43. The Morgan fingerprint density at radius 2 is 1.89 bits per heavy atom. The van der Waals surface area contributed by atoms with E-state index in [-0.39, 0.29) is 5.56 Å². The van der Waals surface area contributed by atoms with Crippen LogP contribution in [0.4, 0.5) is 8.78 Å². The summed E-state index contributed by atoms with van der Waals surface area (Å²) in [6.45, 7) is 3.87. The van der Waals surface area contributed by atoms with E-state index in [1.807, 2.05) is 13.8 Å². The maximum atomic E-state index is 13.8. The molecule has 0 saturated carbocycles. The molecule has 2 rings (SSSR count). The van der Waals surface area contributed by atoms with Crippen molar-refractivity contribution in [1.82, 2.24) is 4.98 Å². The van der Waals surface area contributed by atoms with Crippen LogP contribution in [0.5, 0.6) is 0 Å². The second-order valence-corrected chi connectivity index (χ2v) is 6.55. The van der Waals surface area contributed by atoms with E-state index in [0.717, 1.165) is 15.6 Å². The van der Waals surface area contributed by atoms with Gasteiger partial charge < -0.3 is 5.73 Å². The summed E-state index contributed by atoms with van der Waals surface area (Å²) in [4.78, 5) is 5.43. The lowest BCUT2D eigenvalue weighted by Gasteiger charge is -2.13. The van der Waals surface area contributed by atoms with Gasteiger partial charge in [-0.15, -0.1) is 11.3 Å². The van der Waals surface area contributed by atoms with E-state index < -0.39 is 17.7 Å². The SMILES string of the molecule is Cc1nc(CC(N)c2c(F)cc(Br)cc2F)sc1C. The maximum Gasteiger partial charge on any atom is 0.132 e. The van der Waals surface area contributed by atoms with Crippen LogP contribution in [-0.4, -0.2) is 4.98 Å². The molecule has 0 spiro atoms. The topological polar surface area (TPSA) is 38.9 Å². The van der Waals surface area contributed by atoms with E-state index in [2.05, 4.69) is 20.9 Å². The van der Waals surface area contributed by atoms with Gasteiger partial charge in [-0.25, -0.2) is 13.8 Å². The van der Waals surface area contributed by atoms with Crippen LogP contribution < -0.4 is 5.73 Å². The Kier molecular flexibility index (Phi) is 4.32. The van der Waals surface area contributed by atoms with Crippen molar-refractivity contribution in [2.24, 2.45) is 5.73 Å². The molecule has 0 aliphatic heterocycles. The van der Waals surface area contributed by atoms with Gasteiger partial charge in [-0.1, -0.05) is 15.9 Å². The Hall–Kier alpha value is -0.850. The molecule has 1 unspecified atom stereocenters. The fourth-order valence-corrected chi connectivity index (χ4v) is 3.22. The van der Waals surface area contributed by atoms with Crippen LogP contribution >= 0.6 is 27.3 Å². The lowest BCUT2D eigenvalue weighted by Crippen LogP contribution is -2.17. The molecule has 1 heterocycles. The van der Waals surface area contributed by atoms with Crippen LogP contribution in [0.1, 0.15) is 27.2 Å². The van der Waals surface area contributed by atoms with Crippen molar-refractivity contribution in [2.45, 2.75) is 26.3 Å². The monoisotopic (exact) mass is 346 g/mol. The lowest BCUT2D eigenvalue weighted by atomic mass is 10.0. The average Bonchev–Trinajstić information content (AvgIpc) is 2.55. The first-order chi connectivity index (χ1) is 8.88. The summed E-state index contributed by atoms with van der Waals surface area (Å²) >= 11 is 4.55. The van der Waals surface area contributed by atoms with E-state index in [1.54, 1.807) is 0 Å². The molecular weight excluding hydrogens is 334 g/mol. The molecule has 0 aliphatic rings. The van der Waals surface area contributed by atoms with Crippen molar-refractivity contribution in [1.29, 1.82) is 0 Å². The molecule has 102 valence electrons. The first-order valence-corrected chi connectivity index (χ1v) is 7.32. The van der Waals surface area contributed by atoms with Gasteiger partial charge >= 0.3 is 0 Å². The van der Waals surface area contributed by atoms with Crippen molar-refractivity contribution < 1.29 is 8.78 Å². The predicted molar refractivity (Wildman–Crippen MR) is 76.3 cm³/mol. The van der Waals surface area contributed by atoms with Gasteiger partial charge in [0, 0.05) is 27.4 Å². The summed E-state index contributed by atoms with van der Waals surface area (Å²) < 4.78 is 27.9. The molecule has 0 bridgehead atoms. The number of rotatable bonds is 3. The van der Waals surface area contributed by atoms with Gasteiger partial charge in [0.2, 0.25) is 0 Å². The highest BCUT2D eigenvalue weighted by Crippen LogP contribution is 2.27. The summed E-state index contributed by atoms with van der Waals surface area (Å²) in [5.74, 6) is -1.27. The van der Waals surface area contributed by atoms with E-state index in [0.29, 0.717) is 10.9 Å². The molecule has 1 aromatic heterocycles. The van der Waals surface area contributed by atoms with Gasteiger partial charge in [0.15, 0.2) is 0 Å². The average molecular weight is 347 g/mol. The van der Waals surface area contributed by atoms with Gasteiger partial charge in [0.05, 0.1) is 10.7 Å². The Labute approximate surface area is 122 Å². The fourth-order valence-electron chi connectivity index (χ4n) is 1.82. The van der Waals surface area contributed by atoms with E-state index >= 15 is 0 Å². The number of hydrogen-bond donors (Lipinski definition) is 1. The number of nitrogens with two attached hydrogens (primary N) is 1. The minimum absolute atomic E-state index is 0.0892. The zero-order valence-electron chi connectivity index (χ0n) is 10.5. The number of halogens is 3. The normalized spacial score (nSPS) is 12.7. The Bertz CT molecular complexity index is 570. The summed E-state index contributed by atoms with van der Waals surface area (Å²) in [5, 5.41) is 0.796. The van der Waals surface area contributed by atoms with Crippen LogP contribution in [0.15, 0.2) is 16.6 Å². The molecule has 19 heavy (non-hydrogen) atoms. The Morgan fingerprint density at radius 1 is 1.32 bits per heavy atom. The third kappa shape index (κ3) is 3.19. The molecule has 0 saturated heterocycles. The molecule has 0 fully saturated rings. The van der Waals surface area contributed by atoms with Crippen LogP contribution in [0, 0.1) is 25.5 Å². The van der Waals surface area contributed by atoms with Gasteiger partial charge in [0.25, 0.3) is 0 Å². The number of thiazole rings is 1. The molecule has 6 heteroatoms. The summed E-state index contributed by atoms with van der Waals surface area (Å²) in [6, 6.07) is 1.70. The summed E-state index contributed by atoms with van der Waals surface area (Å²) in [7, 11) is 0. The molecule has 0 aliphatic carbocycles. The largest absolute Gasteiger partial charge is 0.323 e. The zero-order chi connectivity index (χ0) is 14.2. The van der Waals surface area contributed by atoms with Gasteiger partial charge in [-0.05, 0) is 26.0 Å². The summed E-state index contributed by atoms with van der Waals surface area (Å²) in [5.41, 5.74) is 6.75. The van der Waals surface area contributed by atoms with Gasteiger partial charge in [0.1, 0.15) is 11.6 Å². The minimum atomic E-state index is -0.738. The summed E-state index contributed by atoms with van der Waals surface area (Å²) in [6.07, 6.45) is 0.328. The lowest BCUT2D eigenvalue weighted by molar-refractivity contribution is 0.523. The predicted octanol–water partition coefficient (Wildman–Crippen LogP) is 4.04. The minimum Gasteiger partial charge on any atom is -0.323 e. The smallest absolute Gasteiger partial charge is 0.132 e. The zero-order valence-corrected chi connectivity index (χ0v) is 12.9. The van der Waals surface area contributed by atoms with Crippen molar-refractivity contribution in [2.75, 3.05) is 0 Å². The number of aromatic nitrogens is 1. The fraction of sp³-hybridized carbons (Fsp3) is 0.308. The highest BCUT2D eigenvalue weighted by atomic mass is 79.9. The van der Waals surface area contributed by atoms with E-state index in [9.17, 15) is 8.78 Å².